The summed E-state index contributed by atoms with van der Waals surface area (Å²) in [7, 11) is 1.63. The number of rotatable bonds is 9. The SMILES string of the molecule is C=CCOC[C@H](O)C[NH+]1CCc2nc(Cc3cccc(OC)c3)[nH]c(=O)c2C1. The summed E-state index contributed by atoms with van der Waals surface area (Å²) in [6.07, 6.45) is 2.37. The lowest BCUT2D eigenvalue weighted by atomic mass is 10.1. The Balaban J connectivity index is 1.66. The molecule has 150 valence electrons. The summed E-state index contributed by atoms with van der Waals surface area (Å²) >= 11 is 0. The molecule has 1 unspecified atom stereocenters. The highest BCUT2D eigenvalue weighted by Crippen LogP contribution is 2.15. The minimum atomic E-state index is -0.559. The molecule has 0 saturated carbocycles. The number of hydrogen-bond donors (Lipinski definition) is 3. The maximum Gasteiger partial charge on any atom is 0.260 e. The third-order valence-electron chi connectivity index (χ3n) is 4.87. The van der Waals surface area contributed by atoms with E-state index in [1.807, 2.05) is 24.3 Å². The number of ether oxygens (including phenoxy) is 2. The summed E-state index contributed by atoms with van der Waals surface area (Å²) in [5.41, 5.74) is 2.53. The first-order valence-electron chi connectivity index (χ1n) is 9.53. The second kappa shape index (κ2) is 9.64. The van der Waals surface area contributed by atoms with Crippen LogP contribution in [0.1, 0.15) is 22.6 Å². The number of methoxy groups -OCH3 is 1. The molecular weight excluding hydrogens is 358 g/mol. The van der Waals surface area contributed by atoms with E-state index in [1.165, 1.54) is 0 Å². The van der Waals surface area contributed by atoms with E-state index in [9.17, 15) is 9.90 Å². The Bertz CT molecular complexity index is 865. The van der Waals surface area contributed by atoms with Crippen LogP contribution < -0.4 is 15.2 Å². The van der Waals surface area contributed by atoms with Crippen molar-refractivity contribution in [2.45, 2.75) is 25.5 Å². The molecule has 7 nitrogen and oxygen atoms in total. The lowest BCUT2D eigenvalue weighted by molar-refractivity contribution is -0.919. The van der Waals surface area contributed by atoms with E-state index in [2.05, 4.69) is 11.6 Å². The first-order chi connectivity index (χ1) is 13.6. The highest BCUT2D eigenvalue weighted by Gasteiger charge is 2.26. The van der Waals surface area contributed by atoms with E-state index in [-0.39, 0.29) is 12.2 Å². The number of hydrogen-bond acceptors (Lipinski definition) is 5. The van der Waals surface area contributed by atoms with Gasteiger partial charge >= 0.3 is 0 Å². The Morgan fingerprint density at radius 3 is 3.11 bits per heavy atom. The van der Waals surface area contributed by atoms with E-state index in [0.717, 1.165) is 40.4 Å². The van der Waals surface area contributed by atoms with Gasteiger partial charge in [-0.25, -0.2) is 4.98 Å². The van der Waals surface area contributed by atoms with Gasteiger partial charge in [0.05, 0.1) is 38.1 Å². The normalized spacial score (nSPS) is 17.0. The Hall–Kier alpha value is -2.48. The Labute approximate surface area is 164 Å². The highest BCUT2D eigenvalue weighted by molar-refractivity contribution is 5.30. The molecule has 0 aliphatic carbocycles. The van der Waals surface area contributed by atoms with Gasteiger partial charge in [0, 0.05) is 12.8 Å². The smallest absolute Gasteiger partial charge is 0.260 e. The lowest BCUT2D eigenvalue weighted by Gasteiger charge is -2.26. The summed E-state index contributed by atoms with van der Waals surface area (Å²) in [4.78, 5) is 21.4. The van der Waals surface area contributed by atoms with Gasteiger partial charge < -0.3 is 24.5 Å². The molecule has 2 heterocycles. The Kier molecular flexibility index (Phi) is 6.97. The standard InChI is InChI=1S/C21H27N3O4/c1-3-9-28-14-16(25)12-24-8-7-19-18(13-24)21(26)23-20(22-19)11-15-5-4-6-17(10-15)27-2/h3-6,10,16,25H,1,7-9,11-14H2,2H3,(H,22,23,26)/p+1/t16-/m1/s1. The number of quaternary nitrogens is 1. The number of aliphatic hydroxyl groups excluding tert-OH is 1. The average Bonchev–Trinajstić information content (AvgIpc) is 2.69. The Morgan fingerprint density at radius 1 is 1.46 bits per heavy atom. The molecule has 1 aliphatic heterocycles. The zero-order chi connectivity index (χ0) is 19.9. The number of H-pyrrole nitrogens is 1. The summed E-state index contributed by atoms with van der Waals surface area (Å²) in [5, 5.41) is 10.1. The molecule has 28 heavy (non-hydrogen) atoms. The van der Waals surface area contributed by atoms with Crippen molar-refractivity contribution in [2.75, 3.05) is 33.4 Å². The number of fused-ring (bicyclic) bond motifs is 1. The van der Waals surface area contributed by atoms with Crippen molar-refractivity contribution in [3.63, 3.8) is 0 Å². The molecule has 2 aromatic rings. The molecule has 1 aliphatic rings. The average molecular weight is 386 g/mol. The molecule has 0 fully saturated rings. The van der Waals surface area contributed by atoms with Gasteiger partial charge in [-0.3, -0.25) is 4.79 Å². The van der Waals surface area contributed by atoms with Gasteiger partial charge in [0.2, 0.25) is 0 Å². The molecule has 2 atom stereocenters. The van der Waals surface area contributed by atoms with Crippen molar-refractivity contribution in [2.24, 2.45) is 0 Å². The minimum Gasteiger partial charge on any atom is -0.497 e. The first-order valence-corrected chi connectivity index (χ1v) is 9.53. The quantitative estimate of drug-likeness (QED) is 0.413. The van der Waals surface area contributed by atoms with Gasteiger partial charge in [-0.2, -0.15) is 0 Å². The Morgan fingerprint density at radius 2 is 2.32 bits per heavy atom. The first kappa shape index (κ1) is 20.3. The molecular formula is C21H28N3O4+. The van der Waals surface area contributed by atoms with Crippen molar-refractivity contribution < 1.29 is 19.5 Å². The fourth-order valence-corrected chi connectivity index (χ4v) is 3.53. The minimum absolute atomic E-state index is 0.0857. The van der Waals surface area contributed by atoms with Crippen LogP contribution in [0.4, 0.5) is 0 Å². The number of nitrogens with one attached hydrogen (secondary N) is 2. The number of benzene rings is 1. The van der Waals surface area contributed by atoms with Crippen molar-refractivity contribution in [3.05, 3.63) is 69.9 Å². The van der Waals surface area contributed by atoms with Crippen molar-refractivity contribution in [1.82, 2.24) is 9.97 Å². The third-order valence-corrected chi connectivity index (χ3v) is 4.87. The van der Waals surface area contributed by atoms with Crippen LogP contribution in [0.2, 0.25) is 0 Å². The summed E-state index contributed by atoms with van der Waals surface area (Å²) < 4.78 is 10.5. The maximum absolute atomic E-state index is 12.6. The number of aromatic amines is 1. The molecule has 0 bridgehead atoms. The van der Waals surface area contributed by atoms with Gasteiger partial charge in [-0.15, -0.1) is 6.58 Å². The fourth-order valence-electron chi connectivity index (χ4n) is 3.53. The topological polar surface area (TPSA) is 88.9 Å². The highest BCUT2D eigenvalue weighted by atomic mass is 16.5. The number of aliphatic hydroxyl groups is 1. The molecule has 0 saturated heterocycles. The lowest BCUT2D eigenvalue weighted by Crippen LogP contribution is -3.13. The molecule has 3 N–H and O–H groups in total. The van der Waals surface area contributed by atoms with E-state index in [0.29, 0.717) is 31.9 Å². The molecule has 0 spiro atoms. The van der Waals surface area contributed by atoms with Crippen LogP contribution in [-0.2, 0) is 24.1 Å². The van der Waals surface area contributed by atoms with Crippen LogP contribution >= 0.6 is 0 Å². The predicted octanol–water partition coefficient (Wildman–Crippen LogP) is -0.126. The monoisotopic (exact) mass is 386 g/mol. The molecule has 0 amide bonds. The second-order valence-corrected chi connectivity index (χ2v) is 7.08. The predicted molar refractivity (Wildman–Crippen MR) is 106 cm³/mol. The van der Waals surface area contributed by atoms with E-state index < -0.39 is 6.10 Å². The van der Waals surface area contributed by atoms with Gasteiger partial charge in [0.15, 0.2) is 0 Å². The van der Waals surface area contributed by atoms with Crippen LogP contribution in [0.15, 0.2) is 41.7 Å². The molecule has 7 heteroatoms. The van der Waals surface area contributed by atoms with Crippen molar-refractivity contribution in [3.8, 4) is 5.75 Å². The van der Waals surface area contributed by atoms with Crippen molar-refractivity contribution >= 4 is 0 Å². The largest absolute Gasteiger partial charge is 0.497 e. The van der Waals surface area contributed by atoms with Gasteiger partial charge in [-0.05, 0) is 17.7 Å². The van der Waals surface area contributed by atoms with E-state index in [4.69, 9.17) is 14.5 Å². The molecule has 1 aromatic carbocycles. The van der Waals surface area contributed by atoms with Crippen LogP contribution in [-0.4, -0.2) is 54.6 Å². The van der Waals surface area contributed by atoms with Crippen LogP contribution in [0.3, 0.4) is 0 Å². The zero-order valence-electron chi connectivity index (χ0n) is 16.2. The summed E-state index contributed by atoms with van der Waals surface area (Å²) in [6, 6.07) is 7.75. The van der Waals surface area contributed by atoms with Crippen LogP contribution in [0.5, 0.6) is 5.75 Å². The second-order valence-electron chi connectivity index (χ2n) is 7.08. The summed E-state index contributed by atoms with van der Waals surface area (Å²) in [6.45, 7) is 6.23. The third kappa shape index (κ3) is 5.28. The number of nitrogens with zero attached hydrogens (tertiary/aromatic N) is 1. The van der Waals surface area contributed by atoms with Gasteiger partial charge in [0.1, 0.15) is 30.8 Å². The van der Waals surface area contributed by atoms with E-state index in [1.54, 1.807) is 13.2 Å². The van der Waals surface area contributed by atoms with Crippen molar-refractivity contribution in [1.29, 1.82) is 0 Å². The van der Waals surface area contributed by atoms with E-state index >= 15 is 0 Å². The number of aromatic nitrogens is 2. The van der Waals surface area contributed by atoms with Gasteiger partial charge in [0.25, 0.3) is 5.56 Å². The summed E-state index contributed by atoms with van der Waals surface area (Å²) in [5.74, 6) is 1.45. The fraction of sp³-hybridized carbons (Fsp3) is 0.429. The molecule has 3 rings (SSSR count). The van der Waals surface area contributed by atoms with Crippen LogP contribution in [0.25, 0.3) is 0 Å². The molecule has 1 aromatic heterocycles. The maximum atomic E-state index is 12.6. The van der Waals surface area contributed by atoms with Crippen LogP contribution in [0, 0.1) is 0 Å². The molecule has 0 radical (unpaired) electrons. The van der Waals surface area contributed by atoms with Gasteiger partial charge in [-0.1, -0.05) is 18.2 Å². The zero-order valence-corrected chi connectivity index (χ0v) is 16.2.